The first-order chi connectivity index (χ1) is 8.38. The predicted octanol–water partition coefficient (Wildman–Crippen LogP) is 0.798. The molecule has 0 aliphatic rings. The van der Waals surface area contributed by atoms with Gasteiger partial charge in [0, 0.05) is 6.54 Å². The number of hydrogen-bond acceptors (Lipinski definition) is 3. The van der Waals surface area contributed by atoms with E-state index in [9.17, 15) is 13.2 Å². The number of likely N-dealkylation sites (N-methyl/N-ethyl adjacent to an activating group) is 1. The monoisotopic (exact) mass is 270 g/mol. The van der Waals surface area contributed by atoms with Crippen molar-refractivity contribution in [2.75, 3.05) is 6.54 Å². The number of sulfonamides is 1. The molecular formula is C12H18N2O3S. The van der Waals surface area contributed by atoms with Crippen LogP contribution >= 0.6 is 0 Å². The summed E-state index contributed by atoms with van der Waals surface area (Å²) in [5.41, 5.74) is 0.646. The Bertz CT molecular complexity index is 526. The number of benzene rings is 1. The molecule has 2 N–H and O–H groups in total. The van der Waals surface area contributed by atoms with Gasteiger partial charge in [0.05, 0.1) is 10.9 Å². The van der Waals surface area contributed by atoms with Gasteiger partial charge < -0.3 is 5.32 Å². The Kier molecular flexibility index (Phi) is 4.86. The summed E-state index contributed by atoms with van der Waals surface area (Å²) in [5.74, 6) is -0.338. The molecule has 0 saturated carbocycles. The van der Waals surface area contributed by atoms with Crippen LogP contribution in [0, 0.1) is 6.92 Å². The fourth-order valence-corrected chi connectivity index (χ4v) is 2.98. The van der Waals surface area contributed by atoms with Crippen LogP contribution in [0.15, 0.2) is 29.2 Å². The summed E-state index contributed by atoms with van der Waals surface area (Å²) in [6.07, 6.45) is 0. The first kappa shape index (κ1) is 14.7. The number of rotatable bonds is 5. The second-order valence-corrected chi connectivity index (χ2v) is 5.69. The van der Waals surface area contributed by atoms with Crippen LogP contribution in [-0.4, -0.2) is 26.9 Å². The summed E-state index contributed by atoms with van der Waals surface area (Å²) in [5, 5.41) is 2.57. The molecule has 0 bridgehead atoms. The lowest BCUT2D eigenvalue weighted by Crippen LogP contribution is -2.44. The van der Waals surface area contributed by atoms with E-state index in [0.717, 1.165) is 0 Å². The number of aryl methyl sites for hydroxylation is 1. The van der Waals surface area contributed by atoms with E-state index in [1.165, 1.54) is 13.0 Å². The SMILES string of the molecule is CCNC(=O)C(C)NS(=O)(=O)c1ccccc1C. The van der Waals surface area contributed by atoms with E-state index in [4.69, 9.17) is 0 Å². The van der Waals surface area contributed by atoms with Crippen molar-refractivity contribution in [3.63, 3.8) is 0 Å². The molecule has 6 heteroatoms. The molecule has 1 unspecified atom stereocenters. The van der Waals surface area contributed by atoms with Gasteiger partial charge in [-0.3, -0.25) is 4.79 Å². The Morgan fingerprint density at radius 3 is 2.50 bits per heavy atom. The number of hydrogen-bond donors (Lipinski definition) is 2. The summed E-state index contributed by atoms with van der Waals surface area (Å²) in [7, 11) is -3.66. The normalized spacial score (nSPS) is 13.1. The molecule has 18 heavy (non-hydrogen) atoms. The second-order valence-electron chi connectivity index (χ2n) is 4.00. The van der Waals surface area contributed by atoms with Gasteiger partial charge in [0.25, 0.3) is 0 Å². The molecule has 1 atom stereocenters. The zero-order chi connectivity index (χ0) is 13.8. The summed E-state index contributed by atoms with van der Waals surface area (Å²) < 4.78 is 26.5. The van der Waals surface area contributed by atoms with Crippen LogP contribution in [0.5, 0.6) is 0 Å². The smallest absolute Gasteiger partial charge is 0.241 e. The van der Waals surface area contributed by atoms with E-state index < -0.39 is 16.1 Å². The van der Waals surface area contributed by atoms with E-state index in [-0.39, 0.29) is 10.8 Å². The maximum Gasteiger partial charge on any atom is 0.241 e. The highest BCUT2D eigenvalue weighted by molar-refractivity contribution is 7.89. The van der Waals surface area contributed by atoms with Crippen molar-refractivity contribution in [1.29, 1.82) is 0 Å². The molecule has 1 rings (SSSR count). The summed E-state index contributed by atoms with van der Waals surface area (Å²) in [6, 6.07) is 5.85. The molecule has 0 radical (unpaired) electrons. The van der Waals surface area contributed by atoms with Gasteiger partial charge in [-0.1, -0.05) is 18.2 Å². The minimum absolute atomic E-state index is 0.196. The minimum Gasteiger partial charge on any atom is -0.355 e. The number of carbonyl (C=O) groups excluding carboxylic acids is 1. The van der Waals surface area contributed by atoms with Gasteiger partial charge in [-0.2, -0.15) is 4.72 Å². The van der Waals surface area contributed by atoms with E-state index >= 15 is 0 Å². The number of nitrogens with one attached hydrogen (secondary N) is 2. The lowest BCUT2D eigenvalue weighted by molar-refractivity contribution is -0.122. The van der Waals surface area contributed by atoms with Crippen molar-refractivity contribution >= 4 is 15.9 Å². The van der Waals surface area contributed by atoms with Gasteiger partial charge in [-0.05, 0) is 32.4 Å². The third-order valence-electron chi connectivity index (χ3n) is 2.46. The molecular weight excluding hydrogens is 252 g/mol. The van der Waals surface area contributed by atoms with Crippen molar-refractivity contribution in [2.45, 2.75) is 31.7 Å². The van der Waals surface area contributed by atoms with Crippen LogP contribution in [0.1, 0.15) is 19.4 Å². The Labute approximate surface area is 108 Å². The number of carbonyl (C=O) groups is 1. The first-order valence-electron chi connectivity index (χ1n) is 5.74. The molecule has 5 nitrogen and oxygen atoms in total. The summed E-state index contributed by atoms with van der Waals surface area (Å²) in [6.45, 7) is 5.47. The van der Waals surface area contributed by atoms with E-state index in [0.29, 0.717) is 12.1 Å². The fourth-order valence-electron chi connectivity index (χ4n) is 1.53. The predicted molar refractivity (Wildman–Crippen MR) is 69.6 cm³/mol. The summed E-state index contributed by atoms with van der Waals surface area (Å²) >= 11 is 0. The van der Waals surface area contributed by atoms with Gasteiger partial charge in [0.15, 0.2) is 0 Å². The lowest BCUT2D eigenvalue weighted by atomic mass is 10.2. The maximum absolute atomic E-state index is 12.1. The van der Waals surface area contributed by atoms with Crippen LogP contribution in [0.25, 0.3) is 0 Å². The Balaban J connectivity index is 2.90. The molecule has 1 amide bonds. The molecule has 0 saturated heterocycles. The molecule has 0 heterocycles. The maximum atomic E-state index is 12.1. The summed E-state index contributed by atoms with van der Waals surface area (Å²) in [4.78, 5) is 11.7. The quantitative estimate of drug-likeness (QED) is 0.831. The fraction of sp³-hybridized carbons (Fsp3) is 0.417. The van der Waals surface area contributed by atoms with Crippen molar-refractivity contribution in [2.24, 2.45) is 0 Å². The zero-order valence-electron chi connectivity index (χ0n) is 10.7. The van der Waals surface area contributed by atoms with Crippen molar-refractivity contribution in [3.8, 4) is 0 Å². The van der Waals surface area contributed by atoms with Crippen molar-refractivity contribution in [3.05, 3.63) is 29.8 Å². The van der Waals surface area contributed by atoms with Gasteiger partial charge in [0.2, 0.25) is 15.9 Å². The van der Waals surface area contributed by atoms with Crippen molar-refractivity contribution < 1.29 is 13.2 Å². The Morgan fingerprint density at radius 1 is 1.33 bits per heavy atom. The van der Waals surface area contributed by atoms with Gasteiger partial charge in [0.1, 0.15) is 0 Å². The van der Waals surface area contributed by atoms with Crippen LogP contribution in [-0.2, 0) is 14.8 Å². The Hall–Kier alpha value is -1.40. The van der Waals surface area contributed by atoms with Gasteiger partial charge in [-0.15, -0.1) is 0 Å². The molecule has 1 aromatic carbocycles. The lowest BCUT2D eigenvalue weighted by Gasteiger charge is -2.14. The third kappa shape index (κ3) is 3.54. The first-order valence-corrected chi connectivity index (χ1v) is 7.22. The average molecular weight is 270 g/mol. The van der Waals surface area contributed by atoms with Crippen LogP contribution in [0.2, 0.25) is 0 Å². The van der Waals surface area contributed by atoms with Gasteiger partial charge >= 0.3 is 0 Å². The Morgan fingerprint density at radius 2 is 1.94 bits per heavy atom. The largest absolute Gasteiger partial charge is 0.355 e. The van der Waals surface area contributed by atoms with E-state index in [1.807, 2.05) is 0 Å². The average Bonchev–Trinajstić information content (AvgIpc) is 2.29. The van der Waals surface area contributed by atoms with E-state index in [2.05, 4.69) is 10.0 Å². The topological polar surface area (TPSA) is 75.3 Å². The standard InChI is InChI=1S/C12H18N2O3S/c1-4-13-12(15)10(3)14-18(16,17)11-8-6-5-7-9(11)2/h5-8,10,14H,4H2,1-3H3,(H,13,15). The molecule has 0 aliphatic carbocycles. The highest BCUT2D eigenvalue weighted by atomic mass is 32.2. The van der Waals surface area contributed by atoms with Crippen LogP contribution in [0.3, 0.4) is 0 Å². The molecule has 0 spiro atoms. The van der Waals surface area contributed by atoms with E-state index in [1.54, 1.807) is 32.0 Å². The molecule has 0 aliphatic heterocycles. The molecule has 1 aromatic rings. The van der Waals surface area contributed by atoms with Crippen LogP contribution in [0.4, 0.5) is 0 Å². The van der Waals surface area contributed by atoms with Crippen molar-refractivity contribution in [1.82, 2.24) is 10.0 Å². The molecule has 100 valence electrons. The third-order valence-corrected chi connectivity index (χ3v) is 4.16. The van der Waals surface area contributed by atoms with Crippen LogP contribution < -0.4 is 10.0 Å². The second kappa shape index (κ2) is 5.97. The zero-order valence-corrected chi connectivity index (χ0v) is 11.5. The highest BCUT2D eigenvalue weighted by Crippen LogP contribution is 2.14. The molecule has 0 aromatic heterocycles. The number of amides is 1. The highest BCUT2D eigenvalue weighted by Gasteiger charge is 2.22. The van der Waals surface area contributed by atoms with Gasteiger partial charge in [-0.25, -0.2) is 8.42 Å². The molecule has 0 fully saturated rings. The minimum atomic E-state index is -3.66.